The van der Waals surface area contributed by atoms with Gasteiger partial charge in [0.2, 0.25) is 5.91 Å². The number of hydrogen-bond acceptors (Lipinski definition) is 4. The Labute approximate surface area is 140 Å². The van der Waals surface area contributed by atoms with Gasteiger partial charge in [-0.05, 0) is 34.9 Å². The average molecular weight is 321 g/mol. The zero-order valence-corrected chi connectivity index (χ0v) is 13.7. The van der Waals surface area contributed by atoms with E-state index in [1.807, 2.05) is 55.5 Å². The van der Waals surface area contributed by atoms with Crippen molar-refractivity contribution in [3.63, 3.8) is 0 Å². The van der Waals surface area contributed by atoms with Gasteiger partial charge in [0.05, 0.1) is 0 Å². The number of benzene rings is 2. The number of tetrazole rings is 1. The molecule has 6 nitrogen and oxygen atoms in total. The van der Waals surface area contributed by atoms with Crippen LogP contribution < -0.4 is 5.32 Å². The molecule has 1 amide bonds. The molecule has 0 saturated carbocycles. The second kappa shape index (κ2) is 7.04. The van der Waals surface area contributed by atoms with E-state index in [2.05, 4.69) is 27.8 Å². The standard InChI is InChI=1S/C18H19N5O/c1-3-14-11-7-8-13(2)17(14)19-16(24)12-23-18(20-21-22-23)15-9-5-4-6-10-15/h4-11H,3,12H2,1-2H3,(H,19,24). The average Bonchev–Trinajstić information content (AvgIpc) is 3.05. The minimum atomic E-state index is -0.150. The lowest BCUT2D eigenvalue weighted by molar-refractivity contribution is -0.116. The quantitative estimate of drug-likeness (QED) is 0.784. The van der Waals surface area contributed by atoms with Gasteiger partial charge in [0.1, 0.15) is 6.54 Å². The summed E-state index contributed by atoms with van der Waals surface area (Å²) in [5, 5.41) is 14.6. The van der Waals surface area contributed by atoms with Gasteiger partial charge in [0, 0.05) is 11.3 Å². The summed E-state index contributed by atoms with van der Waals surface area (Å²) in [5.41, 5.74) is 3.91. The normalized spacial score (nSPS) is 10.6. The fourth-order valence-electron chi connectivity index (χ4n) is 2.62. The highest BCUT2D eigenvalue weighted by Crippen LogP contribution is 2.21. The number of anilines is 1. The maximum atomic E-state index is 12.5. The molecule has 1 N–H and O–H groups in total. The number of nitrogens with one attached hydrogen (secondary N) is 1. The number of aromatic nitrogens is 4. The summed E-state index contributed by atoms with van der Waals surface area (Å²) in [6.45, 7) is 4.12. The second-order valence-electron chi connectivity index (χ2n) is 5.54. The molecule has 0 saturated heterocycles. The number of nitrogens with zero attached hydrogens (tertiary/aromatic N) is 4. The maximum Gasteiger partial charge on any atom is 0.246 e. The molecule has 24 heavy (non-hydrogen) atoms. The van der Waals surface area contributed by atoms with Gasteiger partial charge in [-0.3, -0.25) is 4.79 Å². The molecule has 0 fully saturated rings. The van der Waals surface area contributed by atoms with Crippen molar-refractivity contribution in [3.05, 3.63) is 59.7 Å². The van der Waals surface area contributed by atoms with Crippen LogP contribution in [-0.4, -0.2) is 26.1 Å². The smallest absolute Gasteiger partial charge is 0.246 e. The van der Waals surface area contributed by atoms with E-state index in [0.717, 1.165) is 28.8 Å². The molecule has 0 aliphatic rings. The molecule has 1 aromatic heterocycles. The van der Waals surface area contributed by atoms with Crippen molar-refractivity contribution in [1.29, 1.82) is 0 Å². The van der Waals surface area contributed by atoms with Crippen LogP contribution in [0.5, 0.6) is 0 Å². The van der Waals surface area contributed by atoms with Crippen LogP contribution in [0, 0.1) is 6.92 Å². The van der Waals surface area contributed by atoms with Gasteiger partial charge in [0.15, 0.2) is 5.82 Å². The largest absolute Gasteiger partial charge is 0.324 e. The highest BCUT2D eigenvalue weighted by Gasteiger charge is 2.14. The first kappa shape index (κ1) is 15.9. The first-order valence-corrected chi connectivity index (χ1v) is 7.89. The van der Waals surface area contributed by atoms with Gasteiger partial charge in [-0.1, -0.05) is 55.5 Å². The minimum absolute atomic E-state index is 0.0642. The lowest BCUT2D eigenvalue weighted by Crippen LogP contribution is -2.21. The van der Waals surface area contributed by atoms with Crippen LogP contribution >= 0.6 is 0 Å². The Morgan fingerprint density at radius 2 is 1.92 bits per heavy atom. The van der Waals surface area contributed by atoms with Gasteiger partial charge in [-0.25, -0.2) is 4.68 Å². The van der Waals surface area contributed by atoms with E-state index in [0.29, 0.717) is 5.82 Å². The van der Waals surface area contributed by atoms with Crippen molar-refractivity contribution >= 4 is 11.6 Å². The van der Waals surface area contributed by atoms with Gasteiger partial charge in [0.25, 0.3) is 0 Å². The van der Waals surface area contributed by atoms with E-state index in [9.17, 15) is 4.79 Å². The summed E-state index contributed by atoms with van der Waals surface area (Å²) in [5.74, 6) is 0.426. The van der Waals surface area contributed by atoms with E-state index >= 15 is 0 Å². The summed E-state index contributed by atoms with van der Waals surface area (Å²) in [4.78, 5) is 12.5. The fraction of sp³-hybridized carbons (Fsp3) is 0.222. The molecule has 2 aromatic carbocycles. The Hall–Kier alpha value is -3.02. The molecular formula is C18H19N5O. The van der Waals surface area contributed by atoms with Gasteiger partial charge in [-0.15, -0.1) is 5.10 Å². The first-order valence-electron chi connectivity index (χ1n) is 7.89. The Morgan fingerprint density at radius 3 is 2.67 bits per heavy atom. The Morgan fingerprint density at radius 1 is 1.12 bits per heavy atom. The van der Waals surface area contributed by atoms with Crippen LogP contribution in [0.15, 0.2) is 48.5 Å². The van der Waals surface area contributed by atoms with Crippen LogP contribution in [0.3, 0.4) is 0 Å². The number of carbonyl (C=O) groups is 1. The third-order valence-corrected chi connectivity index (χ3v) is 3.86. The van der Waals surface area contributed by atoms with E-state index in [-0.39, 0.29) is 12.5 Å². The molecule has 3 rings (SSSR count). The molecule has 0 atom stereocenters. The highest BCUT2D eigenvalue weighted by atomic mass is 16.2. The Balaban J connectivity index is 1.79. The highest BCUT2D eigenvalue weighted by molar-refractivity contribution is 5.92. The zero-order chi connectivity index (χ0) is 16.9. The molecule has 0 radical (unpaired) electrons. The second-order valence-corrected chi connectivity index (χ2v) is 5.54. The van der Waals surface area contributed by atoms with Crippen molar-refractivity contribution in [1.82, 2.24) is 20.2 Å². The molecule has 0 aliphatic carbocycles. The molecule has 0 unspecified atom stereocenters. The van der Waals surface area contributed by atoms with Crippen molar-refractivity contribution < 1.29 is 4.79 Å². The summed E-state index contributed by atoms with van der Waals surface area (Å²) in [6.07, 6.45) is 0.859. The number of para-hydroxylation sites is 1. The fourth-order valence-corrected chi connectivity index (χ4v) is 2.62. The number of rotatable bonds is 5. The van der Waals surface area contributed by atoms with E-state index in [1.165, 1.54) is 4.68 Å². The molecule has 6 heteroatoms. The summed E-state index contributed by atoms with van der Waals surface area (Å²) >= 11 is 0. The Kier molecular flexibility index (Phi) is 4.65. The van der Waals surface area contributed by atoms with Crippen molar-refractivity contribution in [2.75, 3.05) is 5.32 Å². The molecule has 1 heterocycles. The zero-order valence-electron chi connectivity index (χ0n) is 13.7. The predicted octanol–water partition coefficient (Wildman–Crippen LogP) is 2.85. The number of amides is 1. The summed E-state index contributed by atoms with van der Waals surface area (Å²) in [6, 6.07) is 15.6. The van der Waals surface area contributed by atoms with Crippen LogP contribution in [-0.2, 0) is 17.8 Å². The molecule has 0 spiro atoms. The molecular weight excluding hydrogens is 302 g/mol. The molecule has 3 aromatic rings. The summed E-state index contributed by atoms with van der Waals surface area (Å²) < 4.78 is 1.51. The number of carbonyl (C=O) groups excluding carboxylic acids is 1. The van der Waals surface area contributed by atoms with Crippen LogP contribution in [0.1, 0.15) is 18.1 Å². The third-order valence-electron chi connectivity index (χ3n) is 3.86. The predicted molar refractivity (Wildman–Crippen MR) is 92.4 cm³/mol. The van der Waals surface area contributed by atoms with Crippen molar-refractivity contribution in [2.45, 2.75) is 26.8 Å². The Bertz CT molecular complexity index is 842. The van der Waals surface area contributed by atoms with Gasteiger partial charge >= 0.3 is 0 Å². The lowest BCUT2D eigenvalue weighted by Gasteiger charge is -2.13. The number of aryl methyl sites for hydroxylation is 2. The van der Waals surface area contributed by atoms with Crippen LogP contribution in [0.2, 0.25) is 0 Å². The SMILES string of the molecule is CCc1cccc(C)c1NC(=O)Cn1nnnc1-c1ccccc1. The van der Waals surface area contributed by atoms with Gasteiger partial charge in [-0.2, -0.15) is 0 Å². The minimum Gasteiger partial charge on any atom is -0.324 e. The van der Waals surface area contributed by atoms with E-state index in [4.69, 9.17) is 0 Å². The monoisotopic (exact) mass is 321 g/mol. The summed E-state index contributed by atoms with van der Waals surface area (Å²) in [7, 11) is 0. The van der Waals surface area contributed by atoms with E-state index < -0.39 is 0 Å². The maximum absolute atomic E-state index is 12.5. The topological polar surface area (TPSA) is 72.7 Å². The molecule has 122 valence electrons. The number of hydrogen-bond donors (Lipinski definition) is 1. The first-order chi connectivity index (χ1) is 11.7. The third kappa shape index (κ3) is 3.32. The lowest BCUT2D eigenvalue weighted by atomic mass is 10.1. The van der Waals surface area contributed by atoms with Crippen LogP contribution in [0.25, 0.3) is 11.4 Å². The van der Waals surface area contributed by atoms with Crippen molar-refractivity contribution in [2.24, 2.45) is 0 Å². The van der Waals surface area contributed by atoms with Crippen LogP contribution in [0.4, 0.5) is 5.69 Å². The molecule has 0 bridgehead atoms. The van der Waals surface area contributed by atoms with Gasteiger partial charge < -0.3 is 5.32 Å². The molecule has 0 aliphatic heterocycles. The van der Waals surface area contributed by atoms with Crippen molar-refractivity contribution in [3.8, 4) is 11.4 Å². The van der Waals surface area contributed by atoms with E-state index in [1.54, 1.807) is 0 Å².